The molecule has 2 aromatic rings. The lowest BCUT2D eigenvalue weighted by atomic mass is 9.81. The van der Waals surface area contributed by atoms with Crippen LogP contribution in [0, 0.1) is 18.7 Å². The summed E-state index contributed by atoms with van der Waals surface area (Å²) in [5, 5.41) is 0. The maximum Gasteiger partial charge on any atom is 0.220 e. The highest BCUT2D eigenvalue weighted by molar-refractivity contribution is 5.99. The molecule has 0 saturated heterocycles. The number of halogens is 1. The van der Waals surface area contributed by atoms with E-state index in [4.69, 9.17) is 10.5 Å². The predicted molar refractivity (Wildman–Crippen MR) is 93.3 cm³/mol. The molecular formula is C19H22FN3O2. The summed E-state index contributed by atoms with van der Waals surface area (Å²) in [5.41, 5.74) is 8.40. The summed E-state index contributed by atoms with van der Waals surface area (Å²) < 4.78 is 19.5. The molecule has 1 aliphatic carbocycles. The number of benzene rings is 1. The minimum absolute atomic E-state index is 0.0112. The highest BCUT2D eigenvalue weighted by Gasteiger charge is 2.31. The fourth-order valence-corrected chi connectivity index (χ4v) is 3.24. The average molecular weight is 343 g/mol. The van der Waals surface area contributed by atoms with Crippen molar-refractivity contribution in [1.82, 2.24) is 9.97 Å². The van der Waals surface area contributed by atoms with Crippen LogP contribution in [0.3, 0.4) is 0 Å². The Labute approximate surface area is 146 Å². The van der Waals surface area contributed by atoms with Crippen LogP contribution >= 0.6 is 0 Å². The number of ether oxygens (including phenoxy) is 1. The smallest absolute Gasteiger partial charge is 0.220 e. The van der Waals surface area contributed by atoms with Gasteiger partial charge in [-0.1, -0.05) is 19.9 Å². The Bertz CT molecular complexity index is 821. The van der Waals surface area contributed by atoms with E-state index in [2.05, 4.69) is 9.97 Å². The molecule has 0 amide bonds. The molecular weight excluding hydrogens is 321 g/mol. The molecule has 1 aromatic heterocycles. The number of carbonyl (C=O) groups excluding carboxylic acids is 1. The summed E-state index contributed by atoms with van der Waals surface area (Å²) in [4.78, 5) is 20.9. The molecule has 1 unspecified atom stereocenters. The molecule has 1 aliphatic rings. The summed E-state index contributed by atoms with van der Waals surface area (Å²) in [6, 6.07) is 4.49. The number of fused-ring (bicyclic) bond motifs is 1. The second kappa shape index (κ2) is 6.78. The summed E-state index contributed by atoms with van der Waals surface area (Å²) in [6.45, 7) is 6.32. The fourth-order valence-electron chi connectivity index (χ4n) is 3.24. The van der Waals surface area contributed by atoms with Gasteiger partial charge in [0.25, 0.3) is 0 Å². The third-order valence-electron chi connectivity index (χ3n) is 4.32. The Morgan fingerprint density at radius 1 is 1.32 bits per heavy atom. The van der Waals surface area contributed by atoms with E-state index in [0.717, 1.165) is 5.56 Å². The molecule has 5 nitrogen and oxygen atoms in total. The maximum absolute atomic E-state index is 13.7. The van der Waals surface area contributed by atoms with Crippen LogP contribution in [-0.2, 0) is 6.42 Å². The monoisotopic (exact) mass is 343 g/mol. The van der Waals surface area contributed by atoms with Gasteiger partial charge in [0.15, 0.2) is 5.78 Å². The Hall–Kier alpha value is -2.50. The molecule has 2 N–H and O–H groups in total. The van der Waals surface area contributed by atoms with Crippen molar-refractivity contribution in [2.45, 2.75) is 39.5 Å². The van der Waals surface area contributed by atoms with E-state index in [0.29, 0.717) is 48.1 Å². The number of hydrogen-bond acceptors (Lipinski definition) is 5. The number of anilines is 1. The molecule has 0 radical (unpaired) electrons. The number of nitrogen functional groups attached to an aromatic ring is 1. The first kappa shape index (κ1) is 17.3. The van der Waals surface area contributed by atoms with Crippen LogP contribution in [0.2, 0.25) is 0 Å². The predicted octanol–water partition coefficient (Wildman–Crippen LogP) is 3.45. The normalized spacial score (nSPS) is 16.8. The Kier molecular flexibility index (Phi) is 4.70. The lowest BCUT2D eigenvalue weighted by molar-refractivity contribution is 0.0961. The van der Waals surface area contributed by atoms with Crippen molar-refractivity contribution in [1.29, 1.82) is 0 Å². The first-order valence-electron chi connectivity index (χ1n) is 8.43. The van der Waals surface area contributed by atoms with Crippen LogP contribution in [0.1, 0.15) is 53.5 Å². The zero-order valence-corrected chi connectivity index (χ0v) is 14.7. The number of aromatic nitrogens is 2. The number of hydrogen-bond donors (Lipinski definition) is 1. The molecule has 0 spiro atoms. The highest BCUT2D eigenvalue weighted by Crippen LogP contribution is 2.37. The molecule has 6 heteroatoms. The van der Waals surface area contributed by atoms with Gasteiger partial charge in [0.05, 0.1) is 23.6 Å². The van der Waals surface area contributed by atoms with E-state index in [9.17, 15) is 9.18 Å². The van der Waals surface area contributed by atoms with Crippen LogP contribution in [0.5, 0.6) is 5.75 Å². The highest BCUT2D eigenvalue weighted by atomic mass is 19.1. The quantitative estimate of drug-likeness (QED) is 0.920. The topological polar surface area (TPSA) is 78.1 Å². The van der Waals surface area contributed by atoms with E-state index in [1.165, 1.54) is 12.1 Å². The summed E-state index contributed by atoms with van der Waals surface area (Å²) in [7, 11) is 0. The van der Waals surface area contributed by atoms with Gasteiger partial charge in [0.2, 0.25) is 5.95 Å². The van der Waals surface area contributed by atoms with E-state index in [1.54, 1.807) is 13.0 Å². The number of carbonyl (C=O) groups is 1. The zero-order valence-electron chi connectivity index (χ0n) is 14.7. The van der Waals surface area contributed by atoms with Crippen LogP contribution in [0.25, 0.3) is 0 Å². The largest absolute Gasteiger partial charge is 0.493 e. The molecule has 0 aliphatic heterocycles. The number of aryl methyl sites for hydroxylation is 1. The molecule has 0 saturated carbocycles. The van der Waals surface area contributed by atoms with Crippen molar-refractivity contribution in [2.75, 3.05) is 12.3 Å². The van der Waals surface area contributed by atoms with Crippen LogP contribution in [0.15, 0.2) is 18.2 Å². The number of rotatable bonds is 4. The summed E-state index contributed by atoms with van der Waals surface area (Å²) in [6.07, 6.45) is 0.878. The molecule has 0 fully saturated rings. The SMILES string of the molecule is Cc1nc(N)nc2c1C(=O)CC(c1ccc(F)cc1OCC(C)C)C2. The molecule has 132 valence electrons. The van der Waals surface area contributed by atoms with E-state index in [-0.39, 0.29) is 23.5 Å². The van der Waals surface area contributed by atoms with E-state index < -0.39 is 0 Å². The molecule has 0 bridgehead atoms. The average Bonchev–Trinajstić information content (AvgIpc) is 2.51. The Morgan fingerprint density at radius 2 is 2.08 bits per heavy atom. The third kappa shape index (κ3) is 3.62. The van der Waals surface area contributed by atoms with Gasteiger partial charge in [0, 0.05) is 18.4 Å². The van der Waals surface area contributed by atoms with Crippen LogP contribution < -0.4 is 10.5 Å². The van der Waals surface area contributed by atoms with Crippen molar-refractivity contribution in [3.05, 3.63) is 46.5 Å². The standard InChI is InChI=1S/C19H22FN3O2/c1-10(2)9-25-17-8-13(20)4-5-14(17)12-6-15-18(16(24)7-12)11(3)22-19(21)23-15/h4-5,8,10,12H,6-7,9H2,1-3H3,(H2,21,22,23). The van der Waals surface area contributed by atoms with Gasteiger partial charge in [0.1, 0.15) is 11.6 Å². The number of nitrogens with zero attached hydrogens (tertiary/aromatic N) is 2. The fraction of sp³-hybridized carbons (Fsp3) is 0.421. The summed E-state index contributed by atoms with van der Waals surface area (Å²) >= 11 is 0. The number of Topliss-reactive ketones (excluding diaryl/α,β-unsaturated/α-hetero) is 1. The third-order valence-corrected chi connectivity index (χ3v) is 4.32. The molecule has 1 atom stereocenters. The second-order valence-corrected chi connectivity index (χ2v) is 6.90. The van der Waals surface area contributed by atoms with Gasteiger partial charge in [-0.05, 0) is 30.9 Å². The van der Waals surface area contributed by atoms with Crippen molar-refractivity contribution in [3.8, 4) is 5.75 Å². The van der Waals surface area contributed by atoms with Gasteiger partial charge in [-0.15, -0.1) is 0 Å². The first-order chi connectivity index (χ1) is 11.8. The van der Waals surface area contributed by atoms with E-state index in [1.807, 2.05) is 13.8 Å². The van der Waals surface area contributed by atoms with Crippen molar-refractivity contribution in [2.24, 2.45) is 5.92 Å². The molecule has 1 heterocycles. The zero-order chi connectivity index (χ0) is 18.1. The van der Waals surface area contributed by atoms with Crippen LogP contribution in [-0.4, -0.2) is 22.4 Å². The number of nitrogens with two attached hydrogens (primary N) is 1. The number of ketones is 1. The Balaban J connectivity index is 1.96. The molecule has 25 heavy (non-hydrogen) atoms. The molecule has 3 rings (SSSR count). The van der Waals surface area contributed by atoms with Gasteiger partial charge < -0.3 is 10.5 Å². The van der Waals surface area contributed by atoms with Crippen molar-refractivity contribution in [3.63, 3.8) is 0 Å². The van der Waals surface area contributed by atoms with Gasteiger partial charge in [-0.25, -0.2) is 14.4 Å². The van der Waals surface area contributed by atoms with Gasteiger partial charge >= 0.3 is 0 Å². The first-order valence-corrected chi connectivity index (χ1v) is 8.43. The maximum atomic E-state index is 13.7. The van der Waals surface area contributed by atoms with Crippen LogP contribution in [0.4, 0.5) is 10.3 Å². The minimum Gasteiger partial charge on any atom is -0.493 e. The molecule has 1 aromatic carbocycles. The minimum atomic E-state index is -0.354. The lowest BCUT2D eigenvalue weighted by Gasteiger charge is -2.26. The van der Waals surface area contributed by atoms with E-state index >= 15 is 0 Å². The van der Waals surface area contributed by atoms with Gasteiger partial charge in [-0.3, -0.25) is 4.79 Å². The van der Waals surface area contributed by atoms with Crippen molar-refractivity contribution >= 4 is 11.7 Å². The summed E-state index contributed by atoms with van der Waals surface area (Å²) in [5.74, 6) is 0.501. The second-order valence-electron chi connectivity index (χ2n) is 6.90. The van der Waals surface area contributed by atoms with Gasteiger partial charge in [-0.2, -0.15) is 0 Å². The van der Waals surface area contributed by atoms with Crippen molar-refractivity contribution < 1.29 is 13.9 Å². The Morgan fingerprint density at radius 3 is 2.80 bits per heavy atom. The lowest BCUT2D eigenvalue weighted by Crippen LogP contribution is -2.23.